The van der Waals surface area contributed by atoms with Crippen LogP contribution in [0.1, 0.15) is 64.2 Å². The van der Waals surface area contributed by atoms with Crippen molar-refractivity contribution in [2.24, 2.45) is 0 Å². The topological polar surface area (TPSA) is 32.3 Å². The highest BCUT2D eigenvalue weighted by Gasteiger charge is 2.17. The number of rotatable bonds is 3. The van der Waals surface area contributed by atoms with Gasteiger partial charge >= 0.3 is 0 Å². The molecule has 1 N–H and O–H groups in total. The van der Waals surface area contributed by atoms with Crippen molar-refractivity contribution in [3.05, 3.63) is 0 Å². The molecule has 0 radical (unpaired) electrons. The lowest BCUT2D eigenvalue weighted by Gasteiger charge is -2.22. The predicted octanol–water partition coefficient (Wildman–Crippen LogP) is 2.70. The van der Waals surface area contributed by atoms with E-state index in [2.05, 4.69) is 10.2 Å². The Bertz CT molecular complexity index is 239. The Kier molecular flexibility index (Phi) is 5.98. The number of nitrogens with one attached hydrogen (secondary N) is 1. The minimum Gasteiger partial charge on any atom is -0.342 e. The lowest BCUT2D eigenvalue weighted by atomic mass is 10.1. The van der Waals surface area contributed by atoms with E-state index in [-0.39, 0.29) is 0 Å². The molecular weight excluding hydrogens is 224 g/mol. The van der Waals surface area contributed by atoms with Crippen molar-refractivity contribution in [2.75, 3.05) is 19.6 Å². The molecule has 3 heteroatoms. The molecule has 0 aromatic rings. The molecule has 1 heterocycles. The summed E-state index contributed by atoms with van der Waals surface area (Å²) in [6, 6.07) is 0.587. The largest absolute Gasteiger partial charge is 0.342 e. The Morgan fingerprint density at radius 3 is 2.06 bits per heavy atom. The van der Waals surface area contributed by atoms with E-state index < -0.39 is 0 Å². The normalized spacial score (nSPS) is 23.4. The van der Waals surface area contributed by atoms with Crippen LogP contribution in [0, 0.1) is 0 Å². The highest BCUT2D eigenvalue weighted by Crippen LogP contribution is 2.17. The third-order valence-corrected chi connectivity index (χ3v) is 4.36. The number of hydrogen-bond acceptors (Lipinski definition) is 2. The van der Waals surface area contributed by atoms with Gasteiger partial charge in [0.1, 0.15) is 0 Å². The maximum Gasteiger partial charge on any atom is 0.236 e. The molecule has 0 spiro atoms. The minimum absolute atomic E-state index is 0.321. The van der Waals surface area contributed by atoms with Gasteiger partial charge in [0, 0.05) is 19.1 Å². The fourth-order valence-electron chi connectivity index (χ4n) is 3.15. The first-order chi connectivity index (χ1) is 8.86. The van der Waals surface area contributed by atoms with Gasteiger partial charge in [-0.05, 0) is 25.7 Å². The molecule has 0 atom stereocenters. The van der Waals surface area contributed by atoms with E-state index >= 15 is 0 Å². The summed E-state index contributed by atoms with van der Waals surface area (Å²) in [5.74, 6) is 0.321. The van der Waals surface area contributed by atoms with Gasteiger partial charge in [-0.1, -0.05) is 38.5 Å². The smallest absolute Gasteiger partial charge is 0.236 e. The lowest BCUT2D eigenvalue weighted by molar-refractivity contribution is -0.130. The second kappa shape index (κ2) is 7.78. The molecule has 0 bridgehead atoms. The molecule has 1 aliphatic heterocycles. The van der Waals surface area contributed by atoms with Crippen LogP contribution in [0.4, 0.5) is 0 Å². The zero-order valence-electron chi connectivity index (χ0n) is 11.6. The molecule has 0 aromatic carbocycles. The molecule has 2 aliphatic rings. The van der Waals surface area contributed by atoms with Crippen molar-refractivity contribution < 1.29 is 4.79 Å². The molecule has 1 saturated carbocycles. The average Bonchev–Trinajstić information content (AvgIpc) is 2.80. The summed E-state index contributed by atoms with van der Waals surface area (Å²) in [5.41, 5.74) is 0. The van der Waals surface area contributed by atoms with Gasteiger partial charge < -0.3 is 10.2 Å². The van der Waals surface area contributed by atoms with Gasteiger partial charge in [0.25, 0.3) is 0 Å². The summed E-state index contributed by atoms with van der Waals surface area (Å²) in [6.07, 6.45) is 12.9. The molecule has 18 heavy (non-hydrogen) atoms. The lowest BCUT2D eigenvalue weighted by Crippen LogP contribution is -2.42. The first-order valence-corrected chi connectivity index (χ1v) is 7.87. The van der Waals surface area contributed by atoms with Gasteiger partial charge in [-0.15, -0.1) is 0 Å². The Labute approximate surface area is 111 Å². The summed E-state index contributed by atoms with van der Waals surface area (Å²) < 4.78 is 0. The van der Waals surface area contributed by atoms with Crippen LogP contribution in [-0.4, -0.2) is 36.5 Å². The highest BCUT2D eigenvalue weighted by molar-refractivity contribution is 5.78. The third kappa shape index (κ3) is 4.60. The third-order valence-electron chi connectivity index (χ3n) is 4.36. The van der Waals surface area contributed by atoms with Gasteiger partial charge in [-0.25, -0.2) is 0 Å². The molecule has 3 nitrogen and oxygen atoms in total. The average molecular weight is 252 g/mol. The zero-order chi connectivity index (χ0) is 12.6. The van der Waals surface area contributed by atoms with E-state index in [9.17, 15) is 4.79 Å². The molecule has 104 valence electrons. The maximum absolute atomic E-state index is 12.1. The van der Waals surface area contributed by atoms with Gasteiger partial charge in [-0.2, -0.15) is 0 Å². The van der Waals surface area contributed by atoms with Crippen molar-refractivity contribution in [1.29, 1.82) is 0 Å². The Balaban J connectivity index is 1.69. The highest BCUT2D eigenvalue weighted by atomic mass is 16.2. The van der Waals surface area contributed by atoms with E-state index in [1.807, 2.05) is 0 Å². The van der Waals surface area contributed by atoms with Crippen molar-refractivity contribution in [3.63, 3.8) is 0 Å². The monoisotopic (exact) mass is 252 g/mol. The predicted molar refractivity (Wildman–Crippen MR) is 74.5 cm³/mol. The first kappa shape index (κ1) is 13.9. The summed E-state index contributed by atoms with van der Waals surface area (Å²) in [4.78, 5) is 14.2. The van der Waals surface area contributed by atoms with E-state index in [1.54, 1.807) is 0 Å². The van der Waals surface area contributed by atoms with Crippen LogP contribution in [-0.2, 0) is 4.79 Å². The van der Waals surface area contributed by atoms with E-state index in [4.69, 9.17) is 0 Å². The SMILES string of the molecule is O=C(CNC1CCCCCC1)N1CCCCCC1. The van der Waals surface area contributed by atoms with Crippen molar-refractivity contribution in [2.45, 2.75) is 70.3 Å². The van der Waals surface area contributed by atoms with Gasteiger partial charge in [0.15, 0.2) is 0 Å². The van der Waals surface area contributed by atoms with Crippen molar-refractivity contribution in [3.8, 4) is 0 Å². The molecule has 1 saturated heterocycles. The molecule has 2 rings (SSSR count). The number of hydrogen-bond donors (Lipinski definition) is 1. The summed E-state index contributed by atoms with van der Waals surface area (Å²) in [7, 11) is 0. The molecule has 1 amide bonds. The van der Waals surface area contributed by atoms with Crippen LogP contribution >= 0.6 is 0 Å². The minimum atomic E-state index is 0.321. The number of carbonyl (C=O) groups excluding carboxylic acids is 1. The first-order valence-electron chi connectivity index (χ1n) is 7.87. The maximum atomic E-state index is 12.1. The van der Waals surface area contributed by atoms with Crippen LogP contribution < -0.4 is 5.32 Å². The van der Waals surface area contributed by atoms with Gasteiger partial charge in [0.05, 0.1) is 6.54 Å². The van der Waals surface area contributed by atoms with E-state index in [0.717, 1.165) is 13.1 Å². The van der Waals surface area contributed by atoms with Crippen LogP contribution in [0.3, 0.4) is 0 Å². The molecule has 1 aliphatic carbocycles. The summed E-state index contributed by atoms with van der Waals surface area (Å²) >= 11 is 0. The second-order valence-electron chi connectivity index (χ2n) is 5.86. The van der Waals surface area contributed by atoms with Crippen LogP contribution in [0.15, 0.2) is 0 Å². The van der Waals surface area contributed by atoms with Crippen LogP contribution in [0.25, 0.3) is 0 Å². The van der Waals surface area contributed by atoms with Crippen LogP contribution in [0.5, 0.6) is 0 Å². The Morgan fingerprint density at radius 1 is 0.889 bits per heavy atom. The van der Waals surface area contributed by atoms with Gasteiger partial charge in [0.2, 0.25) is 5.91 Å². The fourth-order valence-corrected chi connectivity index (χ4v) is 3.15. The van der Waals surface area contributed by atoms with Crippen LogP contribution in [0.2, 0.25) is 0 Å². The number of amides is 1. The number of likely N-dealkylation sites (tertiary alicyclic amines) is 1. The standard InChI is InChI=1S/C15H28N2O/c18-15(17-11-7-3-4-8-12-17)13-16-14-9-5-1-2-6-10-14/h14,16H,1-13H2. The Morgan fingerprint density at radius 2 is 1.44 bits per heavy atom. The summed E-state index contributed by atoms with van der Waals surface area (Å²) in [6.45, 7) is 2.51. The summed E-state index contributed by atoms with van der Waals surface area (Å²) in [5, 5.41) is 3.49. The van der Waals surface area contributed by atoms with E-state index in [1.165, 1.54) is 64.2 Å². The van der Waals surface area contributed by atoms with Crippen molar-refractivity contribution >= 4 is 5.91 Å². The zero-order valence-corrected chi connectivity index (χ0v) is 11.6. The number of nitrogens with zero attached hydrogens (tertiary/aromatic N) is 1. The molecular formula is C15H28N2O. The van der Waals surface area contributed by atoms with Crippen molar-refractivity contribution in [1.82, 2.24) is 10.2 Å². The Hall–Kier alpha value is -0.570. The molecule has 2 fully saturated rings. The fraction of sp³-hybridized carbons (Fsp3) is 0.933. The van der Waals surface area contributed by atoms with Gasteiger partial charge in [-0.3, -0.25) is 4.79 Å². The van der Waals surface area contributed by atoms with E-state index in [0.29, 0.717) is 18.5 Å². The molecule has 0 aromatic heterocycles. The molecule has 0 unspecified atom stereocenters. The number of carbonyl (C=O) groups is 1. The second-order valence-corrected chi connectivity index (χ2v) is 5.86. The quantitative estimate of drug-likeness (QED) is 0.783.